The molecule has 0 aliphatic heterocycles. The Morgan fingerprint density at radius 3 is 2.61 bits per heavy atom. The summed E-state index contributed by atoms with van der Waals surface area (Å²) in [6.45, 7) is 3.61. The van der Waals surface area contributed by atoms with Crippen LogP contribution < -0.4 is 0 Å². The van der Waals surface area contributed by atoms with Crippen LogP contribution in [-0.2, 0) is 0 Å². The molecule has 0 fully saturated rings. The molecule has 0 spiro atoms. The summed E-state index contributed by atoms with van der Waals surface area (Å²) in [6.07, 6.45) is 1.57. The van der Waals surface area contributed by atoms with Gasteiger partial charge in [0.1, 0.15) is 5.75 Å². The number of benzene rings is 1. The lowest BCUT2D eigenvalue weighted by molar-refractivity contribution is 0.177. The summed E-state index contributed by atoms with van der Waals surface area (Å²) in [5.74, 6) is 0.100. The van der Waals surface area contributed by atoms with Crippen LogP contribution in [0.15, 0.2) is 41.6 Å². The van der Waals surface area contributed by atoms with E-state index in [-0.39, 0.29) is 11.9 Å². The molecule has 3 N–H and O–H groups in total. The van der Waals surface area contributed by atoms with Crippen LogP contribution in [0.25, 0.3) is 0 Å². The van der Waals surface area contributed by atoms with Crippen molar-refractivity contribution in [2.75, 3.05) is 0 Å². The maximum atomic E-state index is 9.91. The molecule has 98 valence electrons. The summed E-state index contributed by atoms with van der Waals surface area (Å²) in [7, 11) is 0. The van der Waals surface area contributed by atoms with E-state index in [4.69, 9.17) is 0 Å². The van der Waals surface area contributed by atoms with Crippen LogP contribution in [0.5, 0.6) is 5.75 Å². The zero-order chi connectivity index (χ0) is 13.5. The van der Waals surface area contributed by atoms with Gasteiger partial charge in [-0.15, -0.1) is 5.73 Å². The highest BCUT2D eigenvalue weighted by Gasteiger charge is 2.09. The van der Waals surface area contributed by atoms with Crippen LogP contribution in [-0.4, -0.2) is 21.4 Å². The van der Waals surface area contributed by atoms with Gasteiger partial charge in [0.2, 0.25) is 0 Å². The average Bonchev–Trinajstić information content (AvgIpc) is 2.28. The Kier molecular flexibility index (Phi) is 5.66. The second-order valence-corrected chi connectivity index (χ2v) is 4.49. The van der Waals surface area contributed by atoms with Gasteiger partial charge < -0.3 is 15.3 Å². The molecular weight excluding hydrogens is 228 g/mol. The number of phenolic OH excluding ortho intramolecular Hbond substituents is 1. The molecule has 0 aliphatic carbocycles. The monoisotopic (exact) mass is 248 g/mol. The van der Waals surface area contributed by atoms with Gasteiger partial charge in [-0.05, 0) is 31.6 Å². The van der Waals surface area contributed by atoms with Gasteiger partial charge in [0.25, 0.3) is 0 Å². The van der Waals surface area contributed by atoms with Gasteiger partial charge in [0, 0.05) is 18.4 Å². The van der Waals surface area contributed by atoms with Gasteiger partial charge in [-0.1, -0.05) is 18.2 Å². The Hall–Kier alpha value is -1.54. The first-order valence-corrected chi connectivity index (χ1v) is 6.05. The molecule has 0 heterocycles. The van der Waals surface area contributed by atoms with Crippen molar-refractivity contribution in [3.63, 3.8) is 0 Å². The van der Waals surface area contributed by atoms with E-state index in [1.54, 1.807) is 37.3 Å². The predicted molar refractivity (Wildman–Crippen MR) is 71.3 cm³/mol. The highest BCUT2D eigenvalue weighted by Crippen LogP contribution is 2.25. The molecule has 0 saturated heterocycles. The van der Waals surface area contributed by atoms with Crippen molar-refractivity contribution in [3.8, 4) is 5.75 Å². The Balaban J connectivity index is 2.64. The summed E-state index contributed by atoms with van der Waals surface area (Å²) in [6, 6.07) is 6.74. The second kappa shape index (κ2) is 7.02. The van der Waals surface area contributed by atoms with Crippen LogP contribution in [0, 0.1) is 0 Å². The lowest BCUT2D eigenvalue weighted by Crippen LogP contribution is -1.98. The normalized spacial score (nSPS) is 13.6. The van der Waals surface area contributed by atoms with Crippen LogP contribution in [0.1, 0.15) is 38.4 Å². The summed E-state index contributed by atoms with van der Waals surface area (Å²) in [5.41, 5.74) is 4.48. The van der Waals surface area contributed by atoms with Crippen molar-refractivity contribution in [2.24, 2.45) is 0 Å². The lowest BCUT2D eigenvalue weighted by atomic mass is 10.1. The molecular formula is C15H20O3. The fourth-order valence-electron chi connectivity index (χ4n) is 1.74. The Bertz CT molecular complexity index is 443. The number of aliphatic hydroxyl groups is 2. The lowest BCUT2D eigenvalue weighted by Gasteiger charge is -2.09. The van der Waals surface area contributed by atoms with Gasteiger partial charge in [-0.25, -0.2) is 0 Å². The molecule has 1 aromatic carbocycles. The molecule has 0 aromatic heterocycles. The van der Waals surface area contributed by atoms with Gasteiger partial charge in [-0.3, -0.25) is 0 Å². The van der Waals surface area contributed by atoms with E-state index in [0.29, 0.717) is 18.4 Å². The van der Waals surface area contributed by atoms with E-state index in [9.17, 15) is 15.3 Å². The Labute approximate surface area is 108 Å². The first-order valence-electron chi connectivity index (χ1n) is 6.05. The maximum Gasteiger partial charge on any atom is 0.121 e. The molecule has 3 nitrogen and oxygen atoms in total. The van der Waals surface area contributed by atoms with Gasteiger partial charge in [0.05, 0.1) is 12.2 Å². The smallest absolute Gasteiger partial charge is 0.121 e. The van der Waals surface area contributed by atoms with E-state index in [0.717, 1.165) is 5.57 Å². The number of phenols is 1. The quantitative estimate of drug-likeness (QED) is 0.702. The fourth-order valence-corrected chi connectivity index (χ4v) is 1.74. The van der Waals surface area contributed by atoms with E-state index in [1.165, 1.54) is 0 Å². The summed E-state index contributed by atoms with van der Waals surface area (Å²) in [5, 5.41) is 28.7. The first kappa shape index (κ1) is 14.5. The van der Waals surface area contributed by atoms with Crippen LogP contribution in [0.3, 0.4) is 0 Å². The van der Waals surface area contributed by atoms with Crippen LogP contribution in [0.2, 0.25) is 0 Å². The third-order valence-electron chi connectivity index (χ3n) is 2.59. The summed E-state index contributed by atoms with van der Waals surface area (Å²) < 4.78 is 0. The number of aromatic hydroxyl groups is 1. The minimum Gasteiger partial charge on any atom is -0.508 e. The van der Waals surface area contributed by atoms with Gasteiger partial charge in [-0.2, -0.15) is 0 Å². The van der Waals surface area contributed by atoms with E-state index < -0.39 is 6.10 Å². The number of rotatable bonds is 5. The fraction of sp³-hybridized carbons (Fsp3) is 0.400. The predicted octanol–water partition coefficient (Wildman–Crippen LogP) is 2.69. The van der Waals surface area contributed by atoms with E-state index in [1.807, 2.05) is 6.92 Å². The highest BCUT2D eigenvalue weighted by molar-refractivity contribution is 5.33. The standard InChI is InChI=1S/C15H20O3/c1-11(10-12(2)16)6-5-9-15(18)13-7-3-4-8-14(13)17/h3-5,7-8,12,15-18H,9-10H2,1-2H3/t6?,12-,15+/m0/s1. The minimum absolute atomic E-state index is 0.100. The molecule has 0 aliphatic rings. The zero-order valence-corrected chi connectivity index (χ0v) is 10.8. The topological polar surface area (TPSA) is 60.7 Å². The Morgan fingerprint density at radius 2 is 2.00 bits per heavy atom. The summed E-state index contributed by atoms with van der Waals surface area (Å²) in [4.78, 5) is 0. The molecule has 0 saturated carbocycles. The summed E-state index contributed by atoms with van der Waals surface area (Å²) >= 11 is 0. The molecule has 1 rings (SSSR count). The van der Waals surface area contributed by atoms with Crippen LogP contribution >= 0.6 is 0 Å². The minimum atomic E-state index is -0.738. The number of aliphatic hydroxyl groups excluding tert-OH is 2. The molecule has 0 unspecified atom stereocenters. The highest BCUT2D eigenvalue weighted by atomic mass is 16.3. The van der Waals surface area contributed by atoms with Gasteiger partial charge >= 0.3 is 0 Å². The number of hydrogen-bond acceptors (Lipinski definition) is 3. The van der Waals surface area contributed by atoms with Crippen molar-refractivity contribution in [2.45, 2.75) is 38.9 Å². The third kappa shape index (κ3) is 4.76. The molecule has 0 radical (unpaired) electrons. The largest absolute Gasteiger partial charge is 0.508 e. The average molecular weight is 248 g/mol. The first-order chi connectivity index (χ1) is 8.50. The van der Waals surface area contributed by atoms with Crippen LogP contribution in [0.4, 0.5) is 0 Å². The van der Waals surface area contributed by atoms with Crippen molar-refractivity contribution < 1.29 is 15.3 Å². The number of para-hydroxylation sites is 1. The van der Waals surface area contributed by atoms with Gasteiger partial charge in [0.15, 0.2) is 0 Å². The SMILES string of the molecule is CC(=C=CC[C@@H](O)c1ccccc1O)C[C@H](C)O. The molecule has 1 aromatic rings. The third-order valence-corrected chi connectivity index (χ3v) is 2.59. The molecule has 3 heteroatoms. The second-order valence-electron chi connectivity index (χ2n) is 4.49. The molecule has 0 amide bonds. The van der Waals surface area contributed by atoms with E-state index >= 15 is 0 Å². The molecule has 18 heavy (non-hydrogen) atoms. The van der Waals surface area contributed by atoms with Crippen molar-refractivity contribution in [3.05, 3.63) is 47.2 Å². The van der Waals surface area contributed by atoms with E-state index in [2.05, 4.69) is 5.73 Å². The molecule has 2 atom stereocenters. The zero-order valence-electron chi connectivity index (χ0n) is 10.8. The molecule has 0 bridgehead atoms. The van der Waals surface area contributed by atoms with Crippen molar-refractivity contribution in [1.82, 2.24) is 0 Å². The number of hydrogen-bond donors (Lipinski definition) is 3. The Morgan fingerprint density at radius 1 is 1.33 bits per heavy atom. The van der Waals surface area contributed by atoms with Crippen molar-refractivity contribution in [1.29, 1.82) is 0 Å². The maximum absolute atomic E-state index is 9.91. The van der Waals surface area contributed by atoms with Crippen molar-refractivity contribution >= 4 is 0 Å².